The maximum absolute atomic E-state index is 10.9. The summed E-state index contributed by atoms with van der Waals surface area (Å²) >= 11 is 5.27. The Kier molecular flexibility index (Phi) is 5.15. The number of rotatable bonds is 3. The Hall–Kier alpha value is -2.06. The van der Waals surface area contributed by atoms with Crippen molar-refractivity contribution in [3.63, 3.8) is 0 Å². The lowest BCUT2D eigenvalue weighted by Gasteiger charge is -2.04. The van der Waals surface area contributed by atoms with E-state index in [2.05, 4.69) is 11.8 Å². The number of nitrogens with zero attached hydrogens (tertiary/aromatic N) is 1. The van der Waals surface area contributed by atoms with Crippen LogP contribution in [0.25, 0.3) is 0 Å². The van der Waals surface area contributed by atoms with Gasteiger partial charge in [-0.15, -0.1) is 11.6 Å². The minimum Gasteiger partial charge on any atom is -0.449 e. The monoisotopic (exact) mass is 267 g/mol. The van der Waals surface area contributed by atoms with Crippen LogP contribution in [0, 0.1) is 22.0 Å². The van der Waals surface area contributed by atoms with E-state index in [0.29, 0.717) is 5.56 Å². The molecule has 0 bridgehead atoms. The second kappa shape index (κ2) is 6.62. The lowest BCUT2D eigenvalue weighted by Crippen LogP contribution is -2.13. The van der Waals surface area contributed by atoms with E-state index in [1.165, 1.54) is 24.3 Å². The molecule has 6 heteroatoms. The zero-order chi connectivity index (χ0) is 13.5. The predicted molar refractivity (Wildman–Crippen MR) is 66.2 cm³/mol. The average Bonchev–Trinajstić information content (AvgIpc) is 2.36. The quantitative estimate of drug-likeness (QED) is 0.276. The van der Waals surface area contributed by atoms with Crippen molar-refractivity contribution in [1.29, 1.82) is 0 Å². The third-order valence-electron chi connectivity index (χ3n) is 1.92. The minimum atomic E-state index is -0.577. The molecule has 0 fully saturated rings. The van der Waals surface area contributed by atoms with Gasteiger partial charge in [-0.1, -0.05) is 11.8 Å². The molecule has 1 aromatic rings. The molecule has 18 heavy (non-hydrogen) atoms. The highest BCUT2D eigenvalue weighted by molar-refractivity contribution is 6.26. The molecule has 5 nitrogen and oxygen atoms in total. The summed E-state index contributed by atoms with van der Waals surface area (Å²) in [5.74, 6) is 4.68. The van der Waals surface area contributed by atoms with Gasteiger partial charge in [0.25, 0.3) is 5.69 Å². The summed E-state index contributed by atoms with van der Waals surface area (Å²) in [6, 6.07) is 5.78. The van der Waals surface area contributed by atoms with E-state index in [1.807, 2.05) is 0 Å². The third kappa shape index (κ3) is 4.44. The number of nitro groups is 1. The molecular formula is C12H10ClNO4. The van der Waals surface area contributed by atoms with Gasteiger partial charge in [0.15, 0.2) is 6.10 Å². The van der Waals surface area contributed by atoms with Gasteiger partial charge in [-0.25, -0.2) is 0 Å². The number of halogens is 1. The van der Waals surface area contributed by atoms with Gasteiger partial charge in [0, 0.05) is 17.7 Å². The number of ether oxygens (including phenoxy) is 1. The fourth-order valence-electron chi connectivity index (χ4n) is 1.11. The fraction of sp³-hybridized carbons (Fsp3) is 0.250. The van der Waals surface area contributed by atoms with Crippen molar-refractivity contribution in [2.75, 3.05) is 5.88 Å². The van der Waals surface area contributed by atoms with Crippen LogP contribution in [0.4, 0.5) is 5.69 Å². The van der Waals surface area contributed by atoms with E-state index in [9.17, 15) is 14.9 Å². The molecule has 1 atom stereocenters. The van der Waals surface area contributed by atoms with Crippen molar-refractivity contribution in [3.8, 4) is 11.8 Å². The van der Waals surface area contributed by atoms with Gasteiger partial charge in [-0.2, -0.15) is 0 Å². The van der Waals surface area contributed by atoms with Crippen LogP contribution in [0.5, 0.6) is 0 Å². The number of hydrogen-bond acceptors (Lipinski definition) is 4. The molecule has 0 radical (unpaired) electrons. The van der Waals surface area contributed by atoms with Crippen molar-refractivity contribution < 1.29 is 14.5 Å². The molecule has 1 rings (SSSR count). The van der Waals surface area contributed by atoms with Crippen LogP contribution < -0.4 is 0 Å². The largest absolute Gasteiger partial charge is 0.449 e. The number of hydrogen-bond donors (Lipinski definition) is 0. The highest BCUT2D eigenvalue weighted by Crippen LogP contribution is 2.10. The Morgan fingerprint density at radius 1 is 1.50 bits per heavy atom. The van der Waals surface area contributed by atoms with Gasteiger partial charge in [0.2, 0.25) is 0 Å². The van der Waals surface area contributed by atoms with Crippen LogP contribution in [0.1, 0.15) is 12.5 Å². The smallest absolute Gasteiger partial charge is 0.322 e. The maximum Gasteiger partial charge on any atom is 0.322 e. The summed E-state index contributed by atoms with van der Waals surface area (Å²) in [4.78, 5) is 20.8. The number of carbonyl (C=O) groups is 1. The number of esters is 1. The topological polar surface area (TPSA) is 69.4 Å². The molecular weight excluding hydrogens is 258 g/mol. The second-order valence-electron chi connectivity index (χ2n) is 3.34. The molecule has 0 aliphatic carbocycles. The lowest BCUT2D eigenvalue weighted by molar-refractivity contribution is -0.384. The molecule has 0 aliphatic rings. The van der Waals surface area contributed by atoms with E-state index >= 15 is 0 Å². The lowest BCUT2D eigenvalue weighted by atomic mass is 10.2. The van der Waals surface area contributed by atoms with Crippen LogP contribution in [0.3, 0.4) is 0 Å². The minimum absolute atomic E-state index is 0.00201. The fourth-order valence-corrected chi connectivity index (χ4v) is 1.17. The first-order valence-corrected chi connectivity index (χ1v) is 5.58. The van der Waals surface area contributed by atoms with Crippen LogP contribution in [0.15, 0.2) is 24.3 Å². The highest BCUT2D eigenvalue weighted by atomic mass is 35.5. The number of benzene rings is 1. The van der Waals surface area contributed by atoms with Crippen LogP contribution in [0.2, 0.25) is 0 Å². The maximum atomic E-state index is 10.9. The molecule has 94 valence electrons. The zero-order valence-electron chi connectivity index (χ0n) is 9.55. The Balaban J connectivity index is 2.67. The van der Waals surface area contributed by atoms with Crippen LogP contribution >= 0.6 is 11.6 Å². The van der Waals surface area contributed by atoms with Gasteiger partial charge in [0.05, 0.1) is 4.92 Å². The van der Waals surface area contributed by atoms with Crippen molar-refractivity contribution in [2.45, 2.75) is 13.0 Å². The first-order chi connectivity index (χ1) is 8.52. The molecule has 0 aliphatic heterocycles. The van der Waals surface area contributed by atoms with Gasteiger partial charge in [0.1, 0.15) is 5.88 Å². The van der Waals surface area contributed by atoms with E-state index < -0.39 is 17.0 Å². The number of carbonyl (C=O) groups excluding carboxylic acids is 1. The molecule has 0 saturated heterocycles. The average molecular weight is 268 g/mol. The summed E-state index contributed by atoms with van der Waals surface area (Å²) in [5.41, 5.74) is 0.608. The molecule has 0 heterocycles. The Morgan fingerprint density at radius 3 is 2.61 bits per heavy atom. The normalized spacial score (nSPS) is 11.0. The standard InChI is InChI=1S/C12H10ClNO4/c1-9(18-12(15)8-13)2-3-10-4-6-11(7-5-10)14(16)17/h4-7,9H,8H2,1H3. The number of nitro benzene ring substituents is 1. The first kappa shape index (κ1) is 14.0. The highest BCUT2D eigenvalue weighted by Gasteiger charge is 2.05. The summed E-state index contributed by atoms with van der Waals surface area (Å²) < 4.78 is 4.83. The first-order valence-electron chi connectivity index (χ1n) is 5.04. The summed E-state index contributed by atoms with van der Waals surface area (Å²) in [6.45, 7) is 1.61. The van der Waals surface area contributed by atoms with E-state index in [0.717, 1.165) is 0 Å². The summed E-state index contributed by atoms with van der Waals surface area (Å²) in [5, 5.41) is 10.4. The molecule has 1 aromatic carbocycles. The van der Waals surface area contributed by atoms with Crippen LogP contribution in [-0.4, -0.2) is 22.9 Å². The van der Waals surface area contributed by atoms with Crippen molar-refractivity contribution in [3.05, 3.63) is 39.9 Å². The molecule has 0 aromatic heterocycles. The van der Waals surface area contributed by atoms with Crippen LogP contribution in [-0.2, 0) is 9.53 Å². The molecule has 0 saturated carbocycles. The molecule has 0 N–H and O–H groups in total. The van der Waals surface area contributed by atoms with Crippen molar-refractivity contribution >= 4 is 23.3 Å². The summed E-state index contributed by atoms with van der Waals surface area (Å²) in [6.07, 6.45) is -0.577. The van der Waals surface area contributed by atoms with Crippen molar-refractivity contribution in [1.82, 2.24) is 0 Å². The SMILES string of the molecule is CC(C#Cc1ccc([N+](=O)[O-])cc1)OC(=O)CCl. The molecule has 1 unspecified atom stereocenters. The Labute approximate surface area is 109 Å². The third-order valence-corrected chi connectivity index (χ3v) is 2.13. The second-order valence-corrected chi connectivity index (χ2v) is 3.61. The number of non-ortho nitro benzene ring substituents is 1. The molecule has 0 spiro atoms. The van der Waals surface area contributed by atoms with Gasteiger partial charge < -0.3 is 4.74 Å². The zero-order valence-corrected chi connectivity index (χ0v) is 10.3. The van der Waals surface area contributed by atoms with E-state index in [1.54, 1.807) is 6.92 Å². The molecule has 0 amide bonds. The van der Waals surface area contributed by atoms with Gasteiger partial charge in [-0.3, -0.25) is 14.9 Å². The van der Waals surface area contributed by atoms with Gasteiger partial charge in [-0.05, 0) is 19.1 Å². The van der Waals surface area contributed by atoms with E-state index in [4.69, 9.17) is 16.3 Å². The van der Waals surface area contributed by atoms with Gasteiger partial charge >= 0.3 is 5.97 Å². The number of alkyl halides is 1. The Bertz CT molecular complexity index is 501. The van der Waals surface area contributed by atoms with Crippen molar-refractivity contribution in [2.24, 2.45) is 0 Å². The Morgan fingerprint density at radius 2 is 2.11 bits per heavy atom. The summed E-state index contributed by atoms with van der Waals surface area (Å²) in [7, 11) is 0. The van der Waals surface area contributed by atoms with E-state index in [-0.39, 0.29) is 11.6 Å². The predicted octanol–water partition coefficient (Wildman–Crippen LogP) is 2.12.